The molecule has 2 N–H and O–H groups in total. The lowest BCUT2D eigenvalue weighted by Crippen LogP contribution is -1.99. The van der Waals surface area contributed by atoms with Crippen LogP contribution in [0.5, 0.6) is 0 Å². The van der Waals surface area contributed by atoms with Crippen LogP contribution in [0.1, 0.15) is 12.8 Å². The van der Waals surface area contributed by atoms with Crippen LogP contribution < -0.4 is 5.73 Å². The Morgan fingerprint density at radius 1 is 1.15 bits per heavy atom. The highest BCUT2D eigenvalue weighted by atomic mass is 32.2. The van der Waals surface area contributed by atoms with Crippen LogP contribution >= 0.6 is 12.0 Å². The lowest BCUT2D eigenvalue weighted by molar-refractivity contribution is 0.360. The van der Waals surface area contributed by atoms with Crippen LogP contribution in [0.25, 0.3) is 0 Å². The van der Waals surface area contributed by atoms with Crippen LogP contribution in [0.4, 0.5) is 0 Å². The van der Waals surface area contributed by atoms with Gasteiger partial charge in [0.05, 0.1) is 6.61 Å². The van der Waals surface area contributed by atoms with Gasteiger partial charge in [-0.1, -0.05) is 18.2 Å². The summed E-state index contributed by atoms with van der Waals surface area (Å²) in [7, 11) is 0. The van der Waals surface area contributed by atoms with E-state index in [1.807, 2.05) is 30.3 Å². The molecule has 0 aliphatic carbocycles. The van der Waals surface area contributed by atoms with Crippen LogP contribution in [0, 0.1) is 0 Å². The Kier molecular flexibility index (Phi) is 5.65. The molecule has 1 aromatic rings. The zero-order chi connectivity index (χ0) is 9.36. The standard InChI is InChI=1S/C10H15NOS/c11-8-4-5-9-12-13-10-6-2-1-3-7-10/h1-3,6-7H,4-5,8-9,11H2. The normalized spacial score (nSPS) is 10.2. The van der Waals surface area contributed by atoms with E-state index in [-0.39, 0.29) is 0 Å². The van der Waals surface area contributed by atoms with E-state index in [1.54, 1.807) is 0 Å². The summed E-state index contributed by atoms with van der Waals surface area (Å²) < 4.78 is 5.38. The average Bonchev–Trinajstić information content (AvgIpc) is 2.19. The van der Waals surface area contributed by atoms with Crippen molar-refractivity contribution in [1.82, 2.24) is 0 Å². The quantitative estimate of drug-likeness (QED) is 0.562. The molecule has 1 rings (SSSR count). The highest BCUT2D eigenvalue weighted by molar-refractivity contribution is 7.94. The van der Waals surface area contributed by atoms with Gasteiger partial charge >= 0.3 is 0 Å². The largest absolute Gasteiger partial charge is 0.330 e. The van der Waals surface area contributed by atoms with E-state index >= 15 is 0 Å². The molecule has 13 heavy (non-hydrogen) atoms. The third kappa shape index (κ3) is 4.93. The predicted octanol–water partition coefficient (Wildman–Crippen LogP) is 2.45. The Hall–Kier alpha value is -0.510. The topological polar surface area (TPSA) is 35.2 Å². The summed E-state index contributed by atoms with van der Waals surface area (Å²) >= 11 is 1.43. The molecule has 0 unspecified atom stereocenters. The fraction of sp³-hybridized carbons (Fsp3) is 0.400. The van der Waals surface area contributed by atoms with E-state index < -0.39 is 0 Å². The minimum absolute atomic E-state index is 0.749. The first-order valence-electron chi connectivity index (χ1n) is 4.48. The number of rotatable bonds is 6. The van der Waals surface area contributed by atoms with Gasteiger partial charge in [0.2, 0.25) is 0 Å². The Labute approximate surface area is 83.7 Å². The number of benzene rings is 1. The second-order valence-electron chi connectivity index (χ2n) is 2.71. The average molecular weight is 197 g/mol. The van der Waals surface area contributed by atoms with Crippen LogP contribution in [-0.2, 0) is 4.18 Å². The van der Waals surface area contributed by atoms with Crippen LogP contribution in [0.3, 0.4) is 0 Å². The van der Waals surface area contributed by atoms with Crippen molar-refractivity contribution >= 4 is 12.0 Å². The molecule has 0 bridgehead atoms. The number of nitrogens with two attached hydrogens (primary N) is 1. The lowest BCUT2D eigenvalue weighted by Gasteiger charge is -2.01. The Bertz CT molecular complexity index is 215. The number of hydrogen-bond acceptors (Lipinski definition) is 3. The lowest BCUT2D eigenvalue weighted by atomic mass is 10.3. The van der Waals surface area contributed by atoms with Crippen LogP contribution in [0.2, 0.25) is 0 Å². The van der Waals surface area contributed by atoms with Crippen molar-refractivity contribution in [3.8, 4) is 0 Å². The molecule has 0 fully saturated rings. The maximum atomic E-state index is 5.38. The van der Waals surface area contributed by atoms with Crippen molar-refractivity contribution in [1.29, 1.82) is 0 Å². The Morgan fingerprint density at radius 3 is 2.62 bits per heavy atom. The summed E-state index contributed by atoms with van der Waals surface area (Å²) in [5.41, 5.74) is 5.36. The molecular weight excluding hydrogens is 182 g/mol. The molecule has 72 valence electrons. The fourth-order valence-electron chi connectivity index (χ4n) is 0.891. The Balaban J connectivity index is 2.07. The molecule has 0 amide bonds. The van der Waals surface area contributed by atoms with Crippen molar-refractivity contribution in [3.05, 3.63) is 30.3 Å². The summed E-state index contributed by atoms with van der Waals surface area (Å²) in [6, 6.07) is 10.1. The molecule has 0 atom stereocenters. The summed E-state index contributed by atoms with van der Waals surface area (Å²) in [6.45, 7) is 1.52. The predicted molar refractivity (Wildman–Crippen MR) is 56.5 cm³/mol. The first-order valence-corrected chi connectivity index (χ1v) is 5.22. The highest BCUT2D eigenvalue weighted by Crippen LogP contribution is 2.18. The SMILES string of the molecule is NCCCCOSc1ccccc1. The summed E-state index contributed by atoms with van der Waals surface area (Å²) in [6.07, 6.45) is 2.08. The van der Waals surface area contributed by atoms with Gasteiger partial charge in [-0.3, -0.25) is 0 Å². The van der Waals surface area contributed by atoms with Crippen molar-refractivity contribution in [2.75, 3.05) is 13.2 Å². The number of unbranched alkanes of at least 4 members (excludes halogenated alkanes) is 1. The minimum atomic E-state index is 0.749. The zero-order valence-electron chi connectivity index (χ0n) is 7.61. The smallest absolute Gasteiger partial charge is 0.0619 e. The van der Waals surface area contributed by atoms with Gasteiger partial charge in [0.1, 0.15) is 0 Å². The molecule has 0 spiro atoms. The molecule has 2 nitrogen and oxygen atoms in total. The second-order valence-corrected chi connectivity index (χ2v) is 3.59. The van der Waals surface area contributed by atoms with Crippen molar-refractivity contribution in [3.63, 3.8) is 0 Å². The third-order valence-electron chi connectivity index (χ3n) is 1.58. The molecule has 3 heteroatoms. The molecular formula is C10H15NOS. The fourth-order valence-corrected chi connectivity index (χ4v) is 1.50. The Morgan fingerprint density at radius 2 is 1.92 bits per heavy atom. The molecule has 0 aliphatic rings. The monoisotopic (exact) mass is 197 g/mol. The van der Waals surface area contributed by atoms with Gasteiger partial charge in [-0.25, -0.2) is 0 Å². The molecule has 0 aliphatic heterocycles. The molecule has 0 heterocycles. The van der Waals surface area contributed by atoms with Crippen LogP contribution in [-0.4, -0.2) is 13.2 Å². The van der Waals surface area contributed by atoms with E-state index in [1.165, 1.54) is 12.0 Å². The molecule has 0 aromatic heterocycles. The van der Waals surface area contributed by atoms with Gasteiger partial charge in [-0.2, -0.15) is 0 Å². The zero-order valence-corrected chi connectivity index (χ0v) is 8.43. The van der Waals surface area contributed by atoms with E-state index in [0.717, 1.165) is 30.9 Å². The van der Waals surface area contributed by atoms with Crippen molar-refractivity contribution in [2.24, 2.45) is 5.73 Å². The maximum absolute atomic E-state index is 5.38. The summed E-state index contributed by atoms with van der Waals surface area (Å²) in [5, 5.41) is 0. The molecule has 0 radical (unpaired) electrons. The first kappa shape index (κ1) is 10.6. The van der Waals surface area contributed by atoms with Crippen molar-refractivity contribution in [2.45, 2.75) is 17.7 Å². The van der Waals surface area contributed by atoms with Gasteiger partial charge in [0.25, 0.3) is 0 Å². The van der Waals surface area contributed by atoms with Gasteiger partial charge in [-0.05, 0) is 31.5 Å². The van der Waals surface area contributed by atoms with Crippen molar-refractivity contribution < 1.29 is 4.18 Å². The summed E-state index contributed by atoms with van der Waals surface area (Å²) in [5.74, 6) is 0. The van der Waals surface area contributed by atoms with Gasteiger partial charge < -0.3 is 9.92 Å². The van der Waals surface area contributed by atoms with Gasteiger partial charge in [-0.15, -0.1) is 0 Å². The van der Waals surface area contributed by atoms with E-state index in [9.17, 15) is 0 Å². The van der Waals surface area contributed by atoms with E-state index in [2.05, 4.69) is 0 Å². The number of hydrogen-bond donors (Lipinski definition) is 1. The van der Waals surface area contributed by atoms with E-state index in [4.69, 9.17) is 9.92 Å². The first-order chi connectivity index (χ1) is 6.43. The molecule has 0 saturated heterocycles. The molecule has 0 saturated carbocycles. The highest BCUT2D eigenvalue weighted by Gasteiger charge is 1.92. The maximum Gasteiger partial charge on any atom is 0.0619 e. The van der Waals surface area contributed by atoms with Gasteiger partial charge in [0.15, 0.2) is 0 Å². The third-order valence-corrected chi connectivity index (χ3v) is 2.33. The van der Waals surface area contributed by atoms with E-state index in [0.29, 0.717) is 0 Å². The molecule has 1 aromatic carbocycles. The summed E-state index contributed by atoms with van der Waals surface area (Å²) in [4.78, 5) is 1.15. The minimum Gasteiger partial charge on any atom is -0.330 e. The second kappa shape index (κ2) is 6.95. The van der Waals surface area contributed by atoms with Crippen LogP contribution in [0.15, 0.2) is 35.2 Å². The van der Waals surface area contributed by atoms with Gasteiger partial charge in [0, 0.05) is 16.9 Å².